The third kappa shape index (κ3) is 3.12. The topological polar surface area (TPSA) is 79.7 Å². The van der Waals surface area contributed by atoms with Gasteiger partial charge in [-0.1, -0.05) is 19.9 Å². The van der Waals surface area contributed by atoms with Crippen LogP contribution in [0.5, 0.6) is 0 Å². The van der Waals surface area contributed by atoms with Crippen molar-refractivity contribution in [1.82, 2.24) is 24.7 Å². The Hall–Kier alpha value is -2.96. The monoisotopic (exact) mass is 350 g/mol. The van der Waals surface area contributed by atoms with Crippen LogP contribution in [0.4, 0.5) is 5.82 Å². The molecule has 4 rings (SSSR count). The van der Waals surface area contributed by atoms with E-state index in [9.17, 15) is 4.79 Å². The van der Waals surface area contributed by atoms with Gasteiger partial charge in [0.2, 0.25) is 0 Å². The van der Waals surface area contributed by atoms with Gasteiger partial charge < -0.3 is 4.90 Å². The SMILES string of the molecule is CC1(C)CCN(c2cc(-n3[nH]cc(-c4cccnc4)c3=O)ncn2)CC1. The Balaban J connectivity index is 1.64. The van der Waals surface area contributed by atoms with E-state index in [1.165, 1.54) is 11.0 Å². The Morgan fingerprint density at radius 2 is 1.92 bits per heavy atom. The summed E-state index contributed by atoms with van der Waals surface area (Å²) in [5, 5.41) is 3.00. The molecule has 0 aliphatic carbocycles. The second kappa shape index (κ2) is 6.40. The van der Waals surface area contributed by atoms with Crippen LogP contribution in [0, 0.1) is 5.41 Å². The molecule has 0 atom stereocenters. The molecule has 26 heavy (non-hydrogen) atoms. The van der Waals surface area contributed by atoms with Gasteiger partial charge in [-0.15, -0.1) is 0 Å². The van der Waals surface area contributed by atoms with Gasteiger partial charge in [-0.2, -0.15) is 0 Å². The molecule has 1 aliphatic rings. The Bertz CT molecular complexity index is 949. The Labute approximate surface area is 151 Å². The first-order chi connectivity index (χ1) is 12.5. The van der Waals surface area contributed by atoms with E-state index in [0.29, 0.717) is 16.8 Å². The molecule has 7 heteroatoms. The van der Waals surface area contributed by atoms with Crippen molar-refractivity contribution < 1.29 is 0 Å². The third-order valence-electron chi connectivity index (χ3n) is 5.05. The normalized spacial score (nSPS) is 16.6. The van der Waals surface area contributed by atoms with E-state index < -0.39 is 0 Å². The largest absolute Gasteiger partial charge is 0.356 e. The predicted octanol–water partition coefficient (Wildman–Crippen LogP) is 2.64. The first kappa shape index (κ1) is 16.5. The number of nitrogens with zero attached hydrogens (tertiary/aromatic N) is 5. The molecular weight excluding hydrogens is 328 g/mol. The minimum absolute atomic E-state index is 0.151. The Morgan fingerprint density at radius 1 is 1.15 bits per heavy atom. The van der Waals surface area contributed by atoms with Gasteiger partial charge in [0, 0.05) is 43.3 Å². The fourth-order valence-corrected chi connectivity index (χ4v) is 3.24. The number of aromatic amines is 1. The molecule has 0 bridgehead atoms. The molecule has 4 heterocycles. The van der Waals surface area contributed by atoms with Gasteiger partial charge in [-0.3, -0.25) is 14.9 Å². The lowest BCUT2D eigenvalue weighted by Crippen LogP contribution is -2.37. The molecule has 1 saturated heterocycles. The zero-order valence-electron chi connectivity index (χ0n) is 15.0. The number of pyridine rings is 1. The van der Waals surface area contributed by atoms with Gasteiger partial charge in [-0.05, 0) is 24.3 Å². The van der Waals surface area contributed by atoms with Crippen LogP contribution in [0.1, 0.15) is 26.7 Å². The molecule has 134 valence electrons. The minimum Gasteiger partial charge on any atom is -0.356 e. The Kier molecular flexibility index (Phi) is 4.06. The summed E-state index contributed by atoms with van der Waals surface area (Å²) in [5.41, 5.74) is 1.57. The van der Waals surface area contributed by atoms with E-state index in [4.69, 9.17) is 0 Å². The van der Waals surface area contributed by atoms with Crippen molar-refractivity contribution in [1.29, 1.82) is 0 Å². The number of rotatable bonds is 3. The summed E-state index contributed by atoms with van der Waals surface area (Å²) in [6.07, 6.45) is 8.81. The van der Waals surface area contributed by atoms with E-state index in [0.717, 1.165) is 37.3 Å². The molecule has 7 nitrogen and oxygen atoms in total. The Morgan fingerprint density at radius 3 is 2.65 bits per heavy atom. The molecule has 0 unspecified atom stereocenters. The molecule has 3 aromatic heterocycles. The van der Waals surface area contributed by atoms with Gasteiger partial charge in [-0.25, -0.2) is 14.6 Å². The van der Waals surface area contributed by atoms with Crippen molar-refractivity contribution >= 4 is 5.82 Å². The van der Waals surface area contributed by atoms with E-state index >= 15 is 0 Å². The number of nitrogens with one attached hydrogen (secondary N) is 1. The van der Waals surface area contributed by atoms with Crippen molar-refractivity contribution in [3.63, 3.8) is 0 Å². The summed E-state index contributed by atoms with van der Waals surface area (Å²) < 4.78 is 1.45. The van der Waals surface area contributed by atoms with Gasteiger partial charge >= 0.3 is 0 Å². The number of anilines is 1. The smallest absolute Gasteiger partial charge is 0.280 e. The highest BCUT2D eigenvalue weighted by molar-refractivity contribution is 5.60. The average molecular weight is 350 g/mol. The molecule has 1 fully saturated rings. The molecule has 0 spiro atoms. The molecule has 0 saturated carbocycles. The van der Waals surface area contributed by atoms with Crippen molar-refractivity contribution in [3.05, 3.63) is 53.5 Å². The lowest BCUT2D eigenvalue weighted by atomic mass is 9.83. The molecule has 3 aromatic rings. The first-order valence-corrected chi connectivity index (χ1v) is 8.82. The van der Waals surface area contributed by atoms with Gasteiger partial charge in [0.15, 0.2) is 5.82 Å². The maximum absolute atomic E-state index is 12.8. The highest BCUT2D eigenvalue weighted by Gasteiger charge is 2.26. The van der Waals surface area contributed by atoms with Crippen LogP contribution in [0.2, 0.25) is 0 Å². The lowest BCUT2D eigenvalue weighted by molar-refractivity contribution is 0.279. The highest BCUT2D eigenvalue weighted by Crippen LogP contribution is 2.31. The molecule has 0 radical (unpaired) electrons. The zero-order chi connectivity index (χ0) is 18.1. The lowest BCUT2D eigenvalue weighted by Gasteiger charge is -2.37. The van der Waals surface area contributed by atoms with Crippen LogP contribution in [0.25, 0.3) is 16.9 Å². The summed E-state index contributed by atoms with van der Waals surface area (Å²) >= 11 is 0. The number of aromatic nitrogens is 5. The number of piperidine rings is 1. The van der Waals surface area contributed by atoms with E-state index in [2.05, 4.69) is 38.8 Å². The third-order valence-corrected chi connectivity index (χ3v) is 5.05. The van der Waals surface area contributed by atoms with Crippen LogP contribution in [0.15, 0.2) is 47.9 Å². The van der Waals surface area contributed by atoms with Crippen LogP contribution in [-0.4, -0.2) is 37.8 Å². The fourth-order valence-electron chi connectivity index (χ4n) is 3.24. The van der Waals surface area contributed by atoms with Gasteiger partial charge in [0.1, 0.15) is 12.1 Å². The predicted molar refractivity (Wildman–Crippen MR) is 100 cm³/mol. The fraction of sp³-hybridized carbons (Fsp3) is 0.368. The standard InChI is InChI=1S/C19H22N6O/c1-19(2)5-8-24(9-6-19)16-10-17(22-13-21-16)25-18(26)15(12-23-25)14-4-3-7-20-11-14/h3-4,7,10-13,23H,5-6,8-9H2,1-2H3. The summed E-state index contributed by atoms with van der Waals surface area (Å²) in [6.45, 7) is 6.52. The second-order valence-electron chi connectivity index (χ2n) is 7.46. The average Bonchev–Trinajstić information content (AvgIpc) is 3.04. The van der Waals surface area contributed by atoms with E-state index in [-0.39, 0.29) is 5.56 Å². The summed E-state index contributed by atoms with van der Waals surface area (Å²) in [6, 6.07) is 5.54. The summed E-state index contributed by atoms with van der Waals surface area (Å²) in [5.74, 6) is 1.40. The van der Waals surface area contributed by atoms with E-state index in [1.807, 2.05) is 18.2 Å². The van der Waals surface area contributed by atoms with Crippen LogP contribution >= 0.6 is 0 Å². The van der Waals surface area contributed by atoms with Crippen molar-refractivity contribution in [2.75, 3.05) is 18.0 Å². The van der Waals surface area contributed by atoms with Crippen LogP contribution in [0.3, 0.4) is 0 Å². The summed E-state index contributed by atoms with van der Waals surface area (Å²) in [4.78, 5) is 27.8. The maximum Gasteiger partial charge on any atom is 0.280 e. The minimum atomic E-state index is -0.151. The highest BCUT2D eigenvalue weighted by atomic mass is 16.1. The molecule has 1 N–H and O–H groups in total. The van der Waals surface area contributed by atoms with E-state index in [1.54, 1.807) is 18.6 Å². The van der Waals surface area contributed by atoms with Crippen molar-refractivity contribution in [2.45, 2.75) is 26.7 Å². The summed E-state index contributed by atoms with van der Waals surface area (Å²) in [7, 11) is 0. The van der Waals surface area contributed by atoms with Crippen molar-refractivity contribution in [3.8, 4) is 16.9 Å². The number of hydrogen-bond acceptors (Lipinski definition) is 5. The zero-order valence-corrected chi connectivity index (χ0v) is 15.0. The first-order valence-electron chi connectivity index (χ1n) is 8.82. The number of hydrogen-bond donors (Lipinski definition) is 1. The quantitative estimate of drug-likeness (QED) is 0.785. The van der Waals surface area contributed by atoms with Crippen LogP contribution in [-0.2, 0) is 0 Å². The molecule has 1 aliphatic heterocycles. The van der Waals surface area contributed by atoms with Crippen molar-refractivity contribution in [2.24, 2.45) is 5.41 Å². The maximum atomic E-state index is 12.8. The van der Waals surface area contributed by atoms with Crippen LogP contribution < -0.4 is 10.5 Å². The van der Waals surface area contributed by atoms with Gasteiger partial charge in [0.25, 0.3) is 5.56 Å². The molecule has 0 amide bonds. The second-order valence-corrected chi connectivity index (χ2v) is 7.46. The molecule has 0 aromatic carbocycles. The number of H-pyrrole nitrogens is 1. The molecular formula is C19H22N6O. The van der Waals surface area contributed by atoms with Gasteiger partial charge in [0.05, 0.1) is 5.56 Å².